The van der Waals surface area contributed by atoms with E-state index in [1.54, 1.807) is 13.1 Å². The Morgan fingerprint density at radius 2 is 2.62 bits per heavy atom. The minimum Gasteiger partial charge on any atom is -0.299 e. The van der Waals surface area contributed by atoms with E-state index in [1.165, 1.54) is 11.5 Å². The molecule has 2 nitrogen and oxygen atoms in total. The van der Waals surface area contributed by atoms with Gasteiger partial charge in [0.25, 0.3) is 0 Å². The van der Waals surface area contributed by atoms with Gasteiger partial charge in [0, 0.05) is 17.5 Å². The van der Waals surface area contributed by atoms with E-state index in [4.69, 9.17) is 0 Å². The zero-order valence-electron chi connectivity index (χ0n) is 7.29. The minimum absolute atomic E-state index is 0.00394. The van der Waals surface area contributed by atoms with Crippen molar-refractivity contribution in [2.24, 2.45) is 5.41 Å². The fourth-order valence-electron chi connectivity index (χ4n) is 1.30. The van der Waals surface area contributed by atoms with Crippen LogP contribution in [-0.2, 0) is 11.2 Å². The minimum atomic E-state index is -0.923. The van der Waals surface area contributed by atoms with Crippen molar-refractivity contribution in [3.05, 3.63) is 17.1 Å². The molecule has 1 heterocycles. The molecule has 1 aromatic heterocycles. The predicted octanol–water partition coefficient (Wildman–Crippen LogP) is 2.00. The van der Waals surface area contributed by atoms with E-state index in [1.807, 2.05) is 6.07 Å². The lowest BCUT2D eigenvalue weighted by atomic mass is 10.0. The Morgan fingerprint density at radius 1 is 1.92 bits per heavy atom. The van der Waals surface area contributed by atoms with Crippen LogP contribution < -0.4 is 0 Å². The number of rotatable bonds is 3. The van der Waals surface area contributed by atoms with Gasteiger partial charge in [0.2, 0.25) is 0 Å². The molecule has 1 aliphatic carbocycles. The monoisotopic (exact) mass is 199 g/mol. The first-order valence-corrected chi connectivity index (χ1v) is 4.97. The molecule has 0 amide bonds. The smallest absolute Gasteiger partial charge is 0.147 e. The average molecular weight is 199 g/mol. The largest absolute Gasteiger partial charge is 0.299 e. The molecule has 0 aromatic carbocycles. The first kappa shape index (κ1) is 8.81. The number of hydrogen-bond acceptors (Lipinski definition) is 3. The summed E-state index contributed by atoms with van der Waals surface area (Å²) in [6.45, 7) is 1.70. The van der Waals surface area contributed by atoms with Gasteiger partial charge in [-0.1, -0.05) is 0 Å². The summed E-state index contributed by atoms with van der Waals surface area (Å²) in [5, 5.41) is 0. The summed E-state index contributed by atoms with van der Waals surface area (Å²) >= 11 is 1.30. The lowest BCUT2D eigenvalue weighted by molar-refractivity contribution is -0.123. The zero-order valence-corrected chi connectivity index (χ0v) is 8.10. The lowest BCUT2D eigenvalue weighted by Gasteiger charge is -2.04. The molecule has 2 rings (SSSR count). The van der Waals surface area contributed by atoms with E-state index in [-0.39, 0.29) is 5.78 Å². The number of aromatic nitrogens is 1. The van der Waals surface area contributed by atoms with Crippen molar-refractivity contribution in [1.82, 2.24) is 4.37 Å². The number of alkyl halides is 1. The number of carbonyl (C=O) groups excluding carboxylic acids is 1. The van der Waals surface area contributed by atoms with Gasteiger partial charge in [-0.2, -0.15) is 0 Å². The fourth-order valence-corrected chi connectivity index (χ4v) is 1.87. The molecule has 70 valence electrons. The number of carbonyl (C=O) groups is 1. The van der Waals surface area contributed by atoms with E-state index < -0.39 is 11.6 Å². The zero-order chi connectivity index (χ0) is 9.47. The molecule has 4 heteroatoms. The van der Waals surface area contributed by atoms with Crippen LogP contribution in [0.1, 0.15) is 18.2 Å². The van der Waals surface area contributed by atoms with Crippen LogP contribution in [0.3, 0.4) is 0 Å². The maximum absolute atomic E-state index is 12.8. The third kappa shape index (κ3) is 1.50. The average Bonchev–Trinajstić information content (AvgIpc) is 2.53. The van der Waals surface area contributed by atoms with Crippen LogP contribution in [0.2, 0.25) is 0 Å². The Kier molecular flexibility index (Phi) is 1.95. The second-order valence-corrected chi connectivity index (χ2v) is 4.59. The molecule has 0 N–H and O–H groups in total. The molecule has 1 aliphatic rings. The molecule has 1 fully saturated rings. The summed E-state index contributed by atoms with van der Waals surface area (Å²) in [5.74, 6) is 0.00394. The van der Waals surface area contributed by atoms with Crippen molar-refractivity contribution in [2.45, 2.75) is 25.9 Å². The third-order valence-electron chi connectivity index (χ3n) is 2.60. The molecular weight excluding hydrogens is 189 g/mol. The maximum Gasteiger partial charge on any atom is 0.147 e. The number of Topliss-reactive ketones (excluding diaryl/α,β-unsaturated/α-hetero) is 1. The second kappa shape index (κ2) is 2.87. The van der Waals surface area contributed by atoms with E-state index in [0.29, 0.717) is 12.8 Å². The molecule has 0 radical (unpaired) electrons. The molecule has 0 saturated heterocycles. The van der Waals surface area contributed by atoms with Gasteiger partial charge in [-0.05, 0) is 30.9 Å². The van der Waals surface area contributed by atoms with Gasteiger partial charge in [-0.3, -0.25) is 4.79 Å². The van der Waals surface area contributed by atoms with E-state index in [9.17, 15) is 9.18 Å². The SMILES string of the molecule is CC1(C(=O)Cc2ccns2)CC1F. The van der Waals surface area contributed by atoms with E-state index in [0.717, 1.165) is 4.88 Å². The molecule has 0 aliphatic heterocycles. The van der Waals surface area contributed by atoms with Gasteiger partial charge in [0.15, 0.2) is 0 Å². The van der Waals surface area contributed by atoms with Crippen molar-refractivity contribution in [3.8, 4) is 0 Å². The van der Waals surface area contributed by atoms with Crippen molar-refractivity contribution in [2.75, 3.05) is 0 Å². The van der Waals surface area contributed by atoms with Gasteiger partial charge in [-0.25, -0.2) is 8.76 Å². The summed E-state index contributed by atoms with van der Waals surface area (Å²) < 4.78 is 16.7. The highest BCUT2D eigenvalue weighted by atomic mass is 32.1. The molecule has 0 spiro atoms. The molecule has 13 heavy (non-hydrogen) atoms. The Balaban J connectivity index is 2.01. The van der Waals surface area contributed by atoms with E-state index in [2.05, 4.69) is 4.37 Å². The van der Waals surface area contributed by atoms with Crippen molar-refractivity contribution >= 4 is 17.3 Å². The van der Waals surface area contributed by atoms with Gasteiger partial charge in [0.1, 0.15) is 12.0 Å². The lowest BCUT2D eigenvalue weighted by Crippen LogP contribution is -2.16. The van der Waals surface area contributed by atoms with Crippen molar-refractivity contribution < 1.29 is 9.18 Å². The molecule has 2 unspecified atom stereocenters. The number of nitrogens with zero attached hydrogens (tertiary/aromatic N) is 1. The Labute approximate surface area is 79.9 Å². The van der Waals surface area contributed by atoms with Crippen molar-refractivity contribution in [1.29, 1.82) is 0 Å². The van der Waals surface area contributed by atoms with Crippen molar-refractivity contribution in [3.63, 3.8) is 0 Å². The molecular formula is C9H10FNOS. The number of ketones is 1. The van der Waals surface area contributed by atoms with Crippen LogP contribution in [0.5, 0.6) is 0 Å². The van der Waals surface area contributed by atoms with E-state index >= 15 is 0 Å². The first-order chi connectivity index (χ1) is 6.13. The normalized spacial score (nSPS) is 31.7. The molecule has 1 aromatic rings. The Hall–Kier alpha value is -0.770. The first-order valence-electron chi connectivity index (χ1n) is 4.20. The van der Waals surface area contributed by atoms with Gasteiger partial charge >= 0.3 is 0 Å². The summed E-state index contributed by atoms with van der Waals surface area (Å²) in [5.41, 5.74) is -0.690. The summed E-state index contributed by atoms with van der Waals surface area (Å²) in [6, 6.07) is 1.81. The summed E-state index contributed by atoms with van der Waals surface area (Å²) in [7, 11) is 0. The predicted molar refractivity (Wildman–Crippen MR) is 48.4 cm³/mol. The highest BCUT2D eigenvalue weighted by Crippen LogP contribution is 2.49. The van der Waals surface area contributed by atoms with Crippen LogP contribution in [0.15, 0.2) is 12.3 Å². The van der Waals surface area contributed by atoms with Gasteiger partial charge < -0.3 is 0 Å². The highest BCUT2D eigenvalue weighted by Gasteiger charge is 2.56. The standard InChI is InChI=1S/C9H10FNOS/c1-9(5-7(9)10)8(12)4-6-2-3-11-13-6/h2-3,7H,4-5H2,1H3. The molecule has 1 saturated carbocycles. The molecule has 0 bridgehead atoms. The third-order valence-corrected chi connectivity index (χ3v) is 3.34. The molecule has 2 atom stereocenters. The quantitative estimate of drug-likeness (QED) is 0.745. The van der Waals surface area contributed by atoms with Gasteiger partial charge in [0.05, 0.1) is 5.41 Å². The maximum atomic E-state index is 12.8. The number of hydrogen-bond donors (Lipinski definition) is 0. The second-order valence-electron chi connectivity index (χ2n) is 3.67. The Bertz CT molecular complexity index is 324. The summed E-state index contributed by atoms with van der Waals surface area (Å²) in [4.78, 5) is 12.5. The van der Waals surface area contributed by atoms with Crippen LogP contribution >= 0.6 is 11.5 Å². The van der Waals surface area contributed by atoms with Crippen LogP contribution in [-0.4, -0.2) is 16.3 Å². The van der Waals surface area contributed by atoms with Crippen LogP contribution in [0.25, 0.3) is 0 Å². The van der Waals surface area contributed by atoms with Crippen LogP contribution in [0, 0.1) is 5.41 Å². The summed E-state index contributed by atoms with van der Waals surface area (Å²) in [6.07, 6.45) is 1.47. The fraction of sp³-hybridized carbons (Fsp3) is 0.556. The van der Waals surface area contributed by atoms with Gasteiger partial charge in [-0.15, -0.1) is 0 Å². The topological polar surface area (TPSA) is 30.0 Å². The highest BCUT2D eigenvalue weighted by molar-refractivity contribution is 7.05. The number of halogens is 1. The Morgan fingerprint density at radius 3 is 3.08 bits per heavy atom. The van der Waals surface area contributed by atoms with Crippen LogP contribution in [0.4, 0.5) is 4.39 Å².